The van der Waals surface area contributed by atoms with Gasteiger partial charge in [0.15, 0.2) is 6.61 Å². The molecule has 1 saturated heterocycles. The van der Waals surface area contributed by atoms with Gasteiger partial charge in [-0.3, -0.25) is 33.7 Å². The highest BCUT2D eigenvalue weighted by Gasteiger charge is 2.45. The van der Waals surface area contributed by atoms with Crippen molar-refractivity contribution in [1.29, 1.82) is 0 Å². The van der Waals surface area contributed by atoms with Crippen molar-refractivity contribution in [1.82, 2.24) is 36.1 Å². The molecule has 0 spiro atoms. The molecule has 1 unspecified atom stereocenters. The smallest absolute Gasteiger partial charge is 0.266 e. The molecular formula is C46H52N8O10. The van der Waals surface area contributed by atoms with E-state index in [1.165, 1.54) is 18.5 Å². The molecule has 0 radical (unpaired) electrons. The second-order valence-corrected chi connectivity index (χ2v) is 14.9. The van der Waals surface area contributed by atoms with Crippen LogP contribution in [0, 0.1) is 6.92 Å². The van der Waals surface area contributed by atoms with Crippen molar-refractivity contribution in [2.75, 3.05) is 71.2 Å². The van der Waals surface area contributed by atoms with Gasteiger partial charge in [-0.1, -0.05) is 42.5 Å². The van der Waals surface area contributed by atoms with Crippen molar-refractivity contribution in [3.63, 3.8) is 0 Å². The molecule has 3 heterocycles. The minimum atomic E-state index is -0.947. The summed E-state index contributed by atoms with van der Waals surface area (Å²) in [5.74, 6) is -2.09. The maximum atomic E-state index is 13.2. The van der Waals surface area contributed by atoms with Crippen LogP contribution in [0.25, 0.3) is 11.3 Å². The third kappa shape index (κ3) is 13.2. The molecule has 2 aliphatic heterocycles. The van der Waals surface area contributed by atoms with E-state index in [9.17, 15) is 28.8 Å². The molecule has 18 nitrogen and oxygen atoms in total. The van der Waals surface area contributed by atoms with Gasteiger partial charge < -0.3 is 45.5 Å². The highest BCUT2D eigenvalue weighted by molar-refractivity contribution is 6.24. The predicted molar refractivity (Wildman–Crippen MR) is 235 cm³/mol. The number of piperidine rings is 1. The number of aromatic nitrogens is 2. The van der Waals surface area contributed by atoms with Crippen LogP contribution in [-0.4, -0.2) is 122 Å². The third-order valence-electron chi connectivity index (χ3n) is 10.0. The number of carbonyl (C=O) groups is 6. The lowest BCUT2D eigenvalue weighted by atomic mass is 10.0. The standard InChI is InChI=1S/C46H52N8O10/c1-30-11-14-34(15-12-30)53-39-26-36(50-29-51-39)32-7-3-8-33(25-32)43(57)49-27-40(55)47-17-5-19-61-21-23-63-24-22-62-20-6-18-48-41(56)28-64-38-10-4-9-35-42(38)46(60)54(45(35)59)37-16-13-31(2)52-44(37)58/h3-4,7-12,14-15,25-26,29,37H,2,5-6,13,16-24,27-28H2,1H3,(H,47,55)(H,48,56)(H,49,57)(H,52,58)(H,50,51,53). The fourth-order valence-corrected chi connectivity index (χ4v) is 6.74. The number of hydrogen-bond acceptors (Lipinski definition) is 13. The van der Waals surface area contributed by atoms with Crippen LogP contribution in [0.2, 0.25) is 0 Å². The summed E-state index contributed by atoms with van der Waals surface area (Å²) < 4.78 is 22.3. The van der Waals surface area contributed by atoms with Gasteiger partial charge in [-0.15, -0.1) is 0 Å². The maximum absolute atomic E-state index is 13.2. The number of fused-ring (bicyclic) bond motifs is 1. The molecule has 2 aliphatic rings. The van der Waals surface area contributed by atoms with Crippen LogP contribution < -0.4 is 31.3 Å². The second-order valence-electron chi connectivity index (χ2n) is 14.9. The van der Waals surface area contributed by atoms with Crippen molar-refractivity contribution in [3.8, 4) is 17.0 Å². The van der Waals surface area contributed by atoms with Gasteiger partial charge in [-0.05, 0) is 69.0 Å². The quantitative estimate of drug-likeness (QED) is 0.0503. The summed E-state index contributed by atoms with van der Waals surface area (Å²) in [6.45, 7) is 8.22. The normalized spacial score (nSPS) is 14.5. The molecule has 0 bridgehead atoms. The Bertz CT molecular complexity index is 2320. The fraction of sp³-hybridized carbons (Fsp3) is 0.348. The summed E-state index contributed by atoms with van der Waals surface area (Å²) in [7, 11) is 0. The third-order valence-corrected chi connectivity index (χ3v) is 10.0. The highest BCUT2D eigenvalue weighted by atomic mass is 16.5. The lowest BCUT2D eigenvalue weighted by Gasteiger charge is -2.29. The van der Waals surface area contributed by atoms with E-state index in [2.05, 4.69) is 43.1 Å². The fourth-order valence-electron chi connectivity index (χ4n) is 6.74. The number of imide groups is 1. The molecule has 1 fully saturated rings. The minimum Gasteiger partial charge on any atom is -0.483 e. The van der Waals surface area contributed by atoms with Crippen molar-refractivity contribution >= 4 is 46.9 Å². The van der Waals surface area contributed by atoms with Gasteiger partial charge in [0, 0.05) is 54.9 Å². The van der Waals surface area contributed by atoms with Gasteiger partial charge >= 0.3 is 0 Å². The number of allylic oxidation sites excluding steroid dienone is 1. The number of amides is 6. The van der Waals surface area contributed by atoms with Crippen LogP contribution in [0.15, 0.2) is 91.4 Å². The topological polar surface area (TPSA) is 229 Å². The Morgan fingerprint density at radius 2 is 1.48 bits per heavy atom. The molecule has 0 aliphatic carbocycles. The van der Waals surface area contributed by atoms with Crippen LogP contribution in [0.4, 0.5) is 11.5 Å². The first kappa shape index (κ1) is 46.5. The molecule has 1 aromatic heterocycles. The van der Waals surface area contributed by atoms with Crippen LogP contribution in [0.5, 0.6) is 5.75 Å². The van der Waals surface area contributed by atoms with Gasteiger partial charge in [0.1, 0.15) is 23.9 Å². The number of rotatable bonds is 24. The Kier molecular flexibility index (Phi) is 17.0. The van der Waals surface area contributed by atoms with Gasteiger partial charge in [-0.25, -0.2) is 9.97 Å². The van der Waals surface area contributed by atoms with E-state index in [0.717, 1.165) is 21.7 Å². The van der Waals surface area contributed by atoms with Crippen molar-refractivity contribution in [2.45, 2.75) is 38.6 Å². The lowest BCUT2D eigenvalue weighted by Crippen LogP contribution is -2.51. The Morgan fingerprint density at radius 3 is 2.20 bits per heavy atom. The van der Waals surface area contributed by atoms with E-state index in [0.29, 0.717) is 94.8 Å². The summed E-state index contributed by atoms with van der Waals surface area (Å²) in [5, 5.41) is 14.0. The Morgan fingerprint density at radius 1 is 0.797 bits per heavy atom. The molecule has 4 aromatic rings. The van der Waals surface area contributed by atoms with Crippen molar-refractivity contribution < 1.29 is 47.7 Å². The van der Waals surface area contributed by atoms with E-state index < -0.39 is 29.7 Å². The molecule has 5 N–H and O–H groups in total. The maximum Gasteiger partial charge on any atom is 0.266 e. The number of nitrogens with one attached hydrogen (secondary N) is 5. The molecule has 6 rings (SSSR count). The number of ether oxygens (including phenoxy) is 4. The first-order valence-electron chi connectivity index (χ1n) is 21.0. The van der Waals surface area contributed by atoms with Crippen molar-refractivity contribution in [2.24, 2.45) is 0 Å². The minimum absolute atomic E-state index is 0.0308. The largest absolute Gasteiger partial charge is 0.483 e. The number of carbonyl (C=O) groups excluding carboxylic acids is 6. The number of benzene rings is 3. The number of anilines is 2. The molecule has 18 heteroatoms. The molecular weight excluding hydrogens is 825 g/mol. The van der Waals surface area contributed by atoms with Crippen LogP contribution in [-0.2, 0) is 28.6 Å². The molecule has 6 amide bonds. The zero-order valence-electron chi connectivity index (χ0n) is 35.6. The summed E-state index contributed by atoms with van der Waals surface area (Å²) in [5.41, 5.74) is 4.51. The predicted octanol–water partition coefficient (Wildman–Crippen LogP) is 3.46. The molecule has 64 heavy (non-hydrogen) atoms. The van der Waals surface area contributed by atoms with E-state index in [1.54, 1.807) is 30.3 Å². The molecule has 3 aromatic carbocycles. The summed E-state index contributed by atoms with van der Waals surface area (Å²) in [6, 6.07) is 20.4. The first-order chi connectivity index (χ1) is 31.1. The zero-order chi connectivity index (χ0) is 45.3. The molecule has 0 saturated carbocycles. The number of aryl methyl sites for hydroxylation is 1. The average molecular weight is 877 g/mol. The first-order valence-corrected chi connectivity index (χ1v) is 21.0. The second kappa shape index (κ2) is 23.4. The molecule has 336 valence electrons. The lowest BCUT2D eigenvalue weighted by molar-refractivity contribution is -0.125. The summed E-state index contributed by atoms with van der Waals surface area (Å²) >= 11 is 0. The highest BCUT2D eigenvalue weighted by Crippen LogP contribution is 2.34. The van der Waals surface area contributed by atoms with Crippen LogP contribution in [0.3, 0.4) is 0 Å². The Hall–Kier alpha value is -7.02. The zero-order valence-corrected chi connectivity index (χ0v) is 35.6. The van der Waals surface area contributed by atoms with Gasteiger partial charge in [0.2, 0.25) is 11.8 Å². The van der Waals surface area contributed by atoms with Crippen LogP contribution >= 0.6 is 0 Å². The van der Waals surface area contributed by atoms with Crippen molar-refractivity contribution in [3.05, 3.63) is 114 Å². The molecule has 1 atom stereocenters. The monoisotopic (exact) mass is 876 g/mol. The van der Waals surface area contributed by atoms with Gasteiger partial charge in [-0.2, -0.15) is 0 Å². The number of nitrogens with zero attached hydrogens (tertiary/aromatic N) is 3. The van der Waals surface area contributed by atoms with E-state index >= 15 is 0 Å². The van der Waals surface area contributed by atoms with E-state index in [4.69, 9.17) is 18.9 Å². The summed E-state index contributed by atoms with van der Waals surface area (Å²) in [6.07, 6.45) is 3.32. The summed E-state index contributed by atoms with van der Waals surface area (Å²) in [4.78, 5) is 85.9. The van der Waals surface area contributed by atoms with E-state index in [-0.39, 0.29) is 48.3 Å². The van der Waals surface area contributed by atoms with Gasteiger partial charge in [0.05, 0.1) is 49.8 Å². The van der Waals surface area contributed by atoms with Crippen LogP contribution in [0.1, 0.15) is 62.3 Å². The number of hydrogen-bond donors (Lipinski definition) is 5. The van der Waals surface area contributed by atoms with Gasteiger partial charge in [0.25, 0.3) is 23.6 Å². The SMILES string of the molecule is C=C1CCC(N2C(=O)c3cccc(OCC(=O)NCCCOCCOCCOCCCNC(=O)CNC(=O)c4cccc(-c5cc(Nc6ccc(C)cc6)ncn5)c4)c3C2=O)C(=O)N1. The Balaban J connectivity index is 0.744. The average Bonchev–Trinajstić information content (AvgIpc) is 3.55. The van der Waals surface area contributed by atoms with E-state index in [1.807, 2.05) is 37.3 Å². The Labute approximate surface area is 370 Å².